The van der Waals surface area contributed by atoms with Crippen LogP contribution in [0.25, 0.3) is 0 Å². The Kier molecular flexibility index (Phi) is 5.95. The van der Waals surface area contributed by atoms with Gasteiger partial charge in [-0.3, -0.25) is 0 Å². The lowest BCUT2D eigenvalue weighted by Crippen LogP contribution is -2.08. The molecule has 1 rings (SSSR count). The molecule has 3 heteroatoms. The molecule has 0 amide bonds. The predicted octanol–water partition coefficient (Wildman–Crippen LogP) is 3.76. The lowest BCUT2D eigenvalue weighted by atomic mass is 10.1. The molecule has 0 spiro atoms. The molecule has 0 atom stereocenters. The van der Waals surface area contributed by atoms with Crippen LogP contribution >= 0.6 is 0 Å². The SMILES string of the molecule is CCCCc1cc(NCCC)nc(C(C)C)n1. The van der Waals surface area contributed by atoms with Crippen molar-refractivity contribution in [3.63, 3.8) is 0 Å². The quantitative estimate of drug-likeness (QED) is 0.782. The van der Waals surface area contributed by atoms with E-state index < -0.39 is 0 Å². The van der Waals surface area contributed by atoms with Crippen molar-refractivity contribution in [1.82, 2.24) is 9.97 Å². The number of unbranched alkanes of at least 4 members (excludes halogenated alkanes) is 1. The zero-order chi connectivity index (χ0) is 12.7. The first-order valence-corrected chi connectivity index (χ1v) is 6.79. The summed E-state index contributed by atoms with van der Waals surface area (Å²) in [5.74, 6) is 2.33. The molecule has 0 aliphatic rings. The fourth-order valence-corrected chi connectivity index (χ4v) is 1.61. The second-order valence-electron chi connectivity index (χ2n) is 4.79. The number of rotatable bonds is 7. The Morgan fingerprint density at radius 3 is 2.53 bits per heavy atom. The first kappa shape index (κ1) is 13.9. The van der Waals surface area contributed by atoms with Crippen LogP contribution in [0.5, 0.6) is 0 Å². The molecule has 0 unspecified atom stereocenters. The Morgan fingerprint density at radius 2 is 1.94 bits per heavy atom. The summed E-state index contributed by atoms with van der Waals surface area (Å²) in [4.78, 5) is 9.18. The number of hydrogen-bond donors (Lipinski definition) is 1. The largest absolute Gasteiger partial charge is 0.370 e. The van der Waals surface area contributed by atoms with Gasteiger partial charge in [0.2, 0.25) is 0 Å². The minimum absolute atomic E-state index is 0.388. The van der Waals surface area contributed by atoms with E-state index in [0.29, 0.717) is 5.92 Å². The van der Waals surface area contributed by atoms with Gasteiger partial charge in [0.15, 0.2) is 0 Å². The molecule has 1 N–H and O–H groups in total. The van der Waals surface area contributed by atoms with Gasteiger partial charge in [-0.25, -0.2) is 9.97 Å². The maximum absolute atomic E-state index is 4.63. The second kappa shape index (κ2) is 7.25. The summed E-state index contributed by atoms with van der Waals surface area (Å²) in [5, 5.41) is 3.36. The highest BCUT2D eigenvalue weighted by molar-refractivity contribution is 5.36. The zero-order valence-electron chi connectivity index (χ0n) is 11.6. The molecule has 0 radical (unpaired) electrons. The van der Waals surface area contributed by atoms with Gasteiger partial charge in [-0.2, -0.15) is 0 Å². The van der Waals surface area contributed by atoms with Gasteiger partial charge in [0.05, 0.1) is 0 Å². The van der Waals surface area contributed by atoms with Crippen LogP contribution in [-0.4, -0.2) is 16.5 Å². The Labute approximate surface area is 105 Å². The normalized spacial score (nSPS) is 10.9. The van der Waals surface area contributed by atoms with Gasteiger partial charge in [0.25, 0.3) is 0 Å². The highest BCUT2D eigenvalue weighted by atomic mass is 15.0. The van der Waals surface area contributed by atoms with Gasteiger partial charge in [0, 0.05) is 24.2 Å². The fourth-order valence-electron chi connectivity index (χ4n) is 1.61. The summed E-state index contributed by atoms with van der Waals surface area (Å²) < 4.78 is 0. The highest BCUT2D eigenvalue weighted by Gasteiger charge is 2.07. The first-order valence-electron chi connectivity index (χ1n) is 6.79. The van der Waals surface area contributed by atoms with Crippen LogP contribution < -0.4 is 5.32 Å². The number of anilines is 1. The summed E-state index contributed by atoms with van der Waals surface area (Å²) in [6, 6.07) is 2.09. The third kappa shape index (κ3) is 4.72. The number of aromatic nitrogens is 2. The van der Waals surface area contributed by atoms with Crippen LogP contribution in [0, 0.1) is 0 Å². The average molecular weight is 235 g/mol. The molecule has 0 aliphatic carbocycles. The highest BCUT2D eigenvalue weighted by Crippen LogP contribution is 2.15. The van der Waals surface area contributed by atoms with E-state index in [9.17, 15) is 0 Å². The standard InChI is InChI=1S/C14H25N3/c1-5-7-8-12-10-13(15-9-6-2)17-14(16-12)11(3)4/h10-11H,5-9H2,1-4H3,(H,15,16,17). The van der Waals surface area contributed by atoms with E-state index in [2.05, 4.69) is 49.0 Å². The van der Waals surface area contributed by atoms with Gasteiger partial charge in [-0.15, -0.1) is 0 Å². The zero-order valence-corrected chi connectivity index (χ0v) is 11.6. The molecule has 1 aromatic rings. The van der Waals surface area contributed by atoms with Crippen LogP contribution in [0.2, 0.25) is 0 Å². The summed E-state index contributed by atoms with van der Waals surface area (Å²) in [7, 11) is 0. The minimum Gasteiger partial charge on any atom is -0.370 e. The van der Waals surface area contributed by atoms with E-state index in [0.717, 1.165) is 31.0 Å². The maximum Gasteiger partial charge on any atom is 0.133 e. The smallest absolute Gasteiger partial charge is 0.133 e. The van der Waals surface area contributed by atoms with Crippen molar-refractivity contribution in [1.29, 1.82) is 0 Å². The molecule has 0 bridgehead atoms. The lowest BCUT2D eigenvalue weighted by molar-refractivity contribution is 0.727. The van der Waals surface area contributed by atoms with Crippen molar-refractivity contribution in [2.45, 2.75) is 59.3 Å². The Bertz CT molecular complexity index is 308. The molecule has 0 saturated heterocycles. The topological polar surface area (TPSA) is 37.8 Å². The molecule has 17 heavy (non-hydrogen) atoms. The van der Waals surface area contributed by atoms with Gasteiger partial charge in [-0.1, -0.05) is 34.1 Å². The van der Waals surface area contributed by atoms with Crippen molar-refractivity contribution in [3.8, 4) is 0 Å². The summed E-state index contributed by atoms with van der Waals surface area (Å²) in [6.07, 6.45) is 4.57. The molecule has 0 fully saturated rings. The maximum atomic E-state index is 4.63. The molecule has 0 aliphatic heterocycles. The van der Waals surface area contributed by atoms with Crippen LogP contribution in [0.4, 0.5) is 5.82 Å². The summed E-state index contributed by atoms with van der Waals surface area (Å²) in [6.45, 7) is 9.63. The van der Waals surface area contributed by atoms with E-state index in [1.54, 1.807) is 0 Å². The van der Waals surface area contributed by atoms with E-state index >= 15 is 0 Å². The summed E-state index contributed by atoms with van der Waals surface area (Å²) in [5.41, 5.74) is 1.17. The molecular weight excluding hydrogens is 210 g/mol. The van der Waals surface area contributed by atoms with E-state index in [-0.39, 0.29) is 0 Å². The molecule has 3 nitrogen and oxygen atoms in total. The van der Waals surface area contributed by atoms with E-state index in [1.807, 2.05) is 0 Å². The van der Waals surface area contributed by atoms with Crippen molar-refractivity contribution >= 4 is 5.82 Å². The van der Waals surface area contributed by atoms with Crippen LogP contribution in [-0.2, 0) is 6.42 Å². The van der Waals surface area contributed by atoms with Crippen LogP contribution in [0.3, 0.4) is 0 Å². The van der Waals surface area contributed by atoms with Crippen molar-refractivity contribution in [2.75, 3.05) is 11.9 Å². The first-order chi connectivity index (χ1) is 8.17. The van der Waals surface area contributed by atoms with Gasteiger partial charge in [-0.05, 0) is 19.3 Å². The molecule has 1 aromatic heterocycles. The minimum atomic E-state index is 0.388. The van der Waals surface area contributed by atoms with Crippen molar-refractivity contribution in [3.05, 3.63) is 17.6 Å². The number of nitrogens with zero attached hydrogens (tertiary/aromatic N) is 2. The molecular formula is C14H25N3. The average Bonchev–Trinajstić information content (AvgIpc) is 2.33. The second-order valence-corrected chi connectivity index (χ2v) is 4.79. The molecule has 96 valence electrons. The molecule has 1 heterocycles. The number of hydrogen-bond acceptors (Lipinski definition) is 3. The molecule has 0 aromatic carbocycles. The van der Waals surface area contributed by atoms with Gasteiger partial charge in [0.1, 0.15) is 11.6 Å². The van der Waals surface area contributed by atoms with E-state index in [4.69, 9.17) is 0 Å². The van der Waals surface area contributed by atoms with Gasteiger partial charge < -0.3 is 5.32 Å². The fraction of sp³-hybridized carbons (Fsp3) is 0.714. The van der Waals surface area contributed by atoms with Gasteiger partial charge >= 0.3 is 0 Å². The monoisotopic (exact) mass is 235 g/mol. The summed E-state index contributed by atoms with van der Waals surface area (Å²) >= 11 is 0. The Morgan fingerprint density at radius 1 is 1.18 bits per heavy atom. The number of nitrogens with one attached hydrogen (secondary N) is 1. The van der Waals surface area contributed by atoms with Crippen LogP contribution in [0.1, 0.15) is 64.4 Å². The van der Waals surface area contributed by atoms with Crippen molar-refractivity contribution < 1.29 is 0 Å². The number of aryl methyl sites for hydroxylation is 1. The van der Waals surface area contributed by atoms with Crippen molar-refractivity contribution in [2.24, 2.45) is 0 Å². The Hall–Kier alpha value is -1.12. The Balaban J connectivity index is 2.84. The predicted molar refractivity (Wildman–Crippen MR) is 73.5 cm³/mol. The third-order valence-electron chi connectivity index (χ3n) is 2.66. The third-order valence-corrected chi connectivity index (χ3v) is 2.66. The molecule has 0 saturated carbocycles. The lowest BCUT2D eigenvalue weighted by Gasteiger charge is -2.11. The van der Waals surface area contributed by atoms with E-state index in [1.165, 1.54) is 18.5 Å². The van der Waals surface area contributed by atoms with Crippen LogP contribution in [0.15, 0.2) is 6.07 Å².